The average Bonchev–Trinajstić information content (AvgIpc) is 2.81. The molecule has 1 N–H and O–H groups in total. The molecule has 0 aliphatic carbocycles. The second-order valence-electron chi connectivity index (χ2n) is 4.84. The maximum Gasteiger partial charge on any atom is 0.0516 e. The zero-order valence-corrected chi connectivity index (χ0v) is 12.8. The molecule has 0 fully saturated rings. The minimum atomic E-state index is 0.331. The van der Waals surface area contributed by atoms with Gasteiger partial charge in [0.25, 0.3) is 0 Å². The molecule has 0 aliphatic rings. The van der Waals surface area contributed by atoms with Gasteiger partial charge in [0.15, 0.2) is 0 Å². The number of halogens is 1. The van der Waals surface area contributed by atoms with Gasteiger partial charge in [-0.3, -0.25) is 0 Å². The predicted molar refractivity (Wildman–Crippen MR) is 83.9 cm³/mol. The summed E-state index contributed by atoms with van der Waals surface area (Å²) in [4.78, 5) is 3.47. The molecular formula is C15H19ClN2S. The van der Waals surface area contributed by atoms with E-state index in [4.69, 9.17) is 11.6 Å². The fourth-order valence-electron chi connectivity index (χ4n) is 2.01. The van der Waals surface area contributed by atoms with Gasteiger partial charge in [0.05, 0.1) is 5.02 Å². The summed E-state index contributed by atoms with van der Waals surface area (Å²) in [6, 6.07) is 12.9. The Bertz CT molecular complexity index is 496. The van der Waals surface area contributed by atoms with Crippen molar-refractivity contribution < 1.29 is 0 Å². The molecule has 102 valence electrons. The van der Waals surface area contributed by atoms with E-state index in [-0.39, 0.29) is 0 Å². The standard InChI is InChI=1S/C15H19ClN2S/c1-18(2)10-15(12-6-4-3-5-7-12)17-9-14-8-13(16)11-19-14/h3-8,11,15,17H,9-10H2,1-2H3. The molecule has 2 nitrogen and oxygen atoms in total. The first-order valence-electron chi connectivity index (χ1n) is 6.31. The van der Waals surface area contributed by atoms with Crippen LogP contribution >= 0.6 is 22.9 Å². The highest BCUT2D eigenvalue weighted by Crippen LogP contribution is 2.20. The van der Waals surface area contributed by atoms with Crippen LogP contribution in [-0.2, 0) is 6.54 Å². The number of nitrogens with zero attached hydrogens (tertiary/aromatic N) is 1. The minimum absolute atomic E-state index is 0.331. The van der Waals surface area contributed by atoms with Gasteiger partial charge in [0.2, 0.25) is 0 Å². The molecule has 1 atom stereocenters. The Labute approximate surface area is 124 Å². The summed E-state index contributed by atoms with van der Waals surface area (Å²) in [5.41, 5.74) is 1.32. The lowest BCUT2D eigenvalue weighted by molar-refractivity contribution is 0.341. The molecule has 19 heavy (non-hydrogen) atoms. The van der Waals surface area contributed by atoms with E-state index in [2.05, 4.69) is 54.6 Å². The monoisotopic (exact) mass is 294 g/mol. The molecule has 2 rings (SSSR count). The van der Waals surface area contributed by atoms with Crippen molar-refractivity contribution in [2.24, 2.45) is 0 Å². The molecule has 1 aromatic carbocycles. The van der Waals surface area contributed by atoms with E-state index in [9.17, 15) is 0 Å². The van der Waals surface area contributed by atoms with Crippen LogP contribution in [0, 0.1) is 0 Å². The molecule has 4 heteroatoms. The first kappa shape index (κ1) is 14.5. The number of hydrogen-bond donors (Lipinski definition) is 1. The highest BCUT2D eigenvalue weighted by Gasteiger charge is 2.12. The van der Waals surface area contributed by atoms with E-state index in [1.54, 1.807) is 11.3 Å². The molecule has 0 bridgehead atoms. The van der Waals surface area contributed by atoms with Gasteiger partial charge < -0.3 is 10.2 Å². The van der Waals surface area contributed by atoms with Crippen molar-refractivity contribution in [2.75, 3.05) is 20.6 Å². The zero-order valence-electron chi connectivity index (χ0n) is 11.3. The van der Waals surface area contributed by atoms with Crippen molar-refractivity contribution in [3.05, 3.63) is 57.2 Å². The van der Waals surface area contributed by atoms with Gasteiger partial charge in [-0.15, -0.1) is 11.3 Å². The summed E-state index contributed by atoms with van der Waals surface area (Å²) in [5, 5.41) is 6.41. The van der Waals surface area contributed by atoms with Crippen LogP contribution in [0.15, 0.2) is 41.8 Å². The van der Waals surface area contributed by atoms with Crippen LogP contribution in [0.3, 0.4) is 0 Å². The van der Waals surface area contributed by atoms with E-state index in [0.29, 0.717) is 6.04 Å². The molecular weight excluding hydrogens is 276 g/mol. The van der Waals surface area contributed by atoms with Gasteiger partial charge in [0.1, 0.15) is 0 Å². The first-order chi connectivity index (χ1) is 9.15. The van der Waals surface area contributed by atoms with Crippen LogP contribution < -0.4 is 5.32 Å². The largest absolute Gasteiger partial charge is 0.308 e. The Kier molecular flexibility index (Phi) is 5.40. The summed E-state index contributed by atoms with van der Waals surface area (Å²) in [5.74, 6) is 0. The maximum absolute atomic E-state index is 5.95. The third-order valence-electron chi connectivity index (χ3n) is 2.89. The number of thiophene rings is 1. The fourth-order valence-corrected chi connectivity index (χ4v) is 3.03. The van der Waals surface area contributed by atoms with Crippen LogP contribution in [0.25, 0.3) is 0 Å². The quantitative estimate of drug-likeness (QED) is 0.872. The summed E-state index contributed by atoms with van der Waals surface area (Å²) in [6.45, 7) is 1.83. The Balaban J connectivity index is 2.02. The summed E-state index contributed by atoms with van der Waals surface area (Å²) in [7, 11) is 4.19. The lowest BCUT2D eigenvalue weighted by atomic mass is 10.1. The number of rotatable bonds is 6. The van der Waals surface area contributed by atoms with Gasteiger partial charge in [-0.1, -0.05) is 41.9 Å². The van der Waals surface area contributed by atoms with E-state index < -0.39 is 0 Å². The van der Waals surface area contributed by atoms with Crippen molar-refractivity contribution in [1.29, 1.82) is 0 Å². The molecule has 0 amide bonds. The van der Waals surface area contributed by atoms with Gasteiger partial charge in [-0.2, -0.15) is 0 Å². The van der Waals surface area contributed by atoms with Crippen LogP contribution in [0.2, 0.25) is 5.02 Å². The van der Waals surface area contributed by atoms with Crippen LogP contribution in [0.1, 0.15) is 16.5 Å². The van der Waals surface area contributed by atoms with Crippen molar-refractivity contribution in [2.45, 2.75) is 12.6 Å². The molecule has 0 saturated carbocycles. The van der Waals surface area contributed by atoms with Gasteiger partial charge in [-0.25, -0.2) is 0 Å². The van der Waals surface area contributed by atoms with E-state index in [1.807, 2.05) is 11.4 Å². The smallest absolute Gasteiger partial charge is 0.0516 e. The molecule has 2 aromatic rings. The van der Waals surface area contributed by atoms with Crippen LogP contribution in [-0.4, -0.2) is 25.5 Å². The Morgan fingerprint density at radius 1 is 1.26 bits per heavy atom. The third kappa shape index (κ3) is 4.62. The lowest BCUT2D eigenvalue weighted by Crippen LogP contribution is -2.30. The second-order valence-corrected chi connectivity index (χ2v) is 6.27. The average molecular weight is 295 g/mol. The third-order valence-corrected chi connectivity index (χ3v) is 4.18. The molecule has 0 aliphatic heterocycles. The summed E-state index contributed by atoms with van der Waals surface area (Å²) < 4.78 is 0. The molecule has 1 unspecified atom stereocenters. The lowest BCUT2D eigenvalue weighted by Gasteiger charge is -2.22. The summed E-state index contributed by atoms with van der Waals surface area (Å²) >= 11 is 7.65. The number of nitrogens with one attached hydrogen (secondary N) is 1. The highest BCUT2D eigenvalue weighted by atomic mass is 35.5. The number of benzene rings is 1. The normalized spacial score (nSPS) is 12.8. The fraction of sp³-hybridized carbons (Fsp3) is 0.333. The van der Waals surface area contributed by atoms with Gasteiger partial charge in [0, 0.05) is 29.4 Å². The SMILES string of the molecule is CN(C)CC(NCc1cc(Cl)cs1)c1ccccc1. The molecule has 1 aromatic heterocycles. The van der Waals surface area contributed by atoms with E-state index >= 15 is 0 Å². The Morgan fingerprint density at radius 3 is 2.58 bits per heavy atom. The van der Waals surface area contributed by atoms with Crippen molar-refractivity contribution in [3.63, 3.8) is 0 Å². The molecule has 0 radical (unpaired) electrons. The second kappa shape index (κ2) is 7.06. The minimum Gasteiger partial charge on any atom is -0.308 e. The van der Waals surface area contributed by atoms with Gasteiger partial charge >= 0.3 is 0 Å². The van der Waals surface area contributed by atoms with E-state index in [0.717, 1.165) is 18.1 Å². The Hall–Kier alpha value is -0.870. The van der Waals surface area contributed by atoms with Crippen LogP contribution in [0.5, 0.6) is 0 Å². The number of likely N-dealkylation sites (N-methyl/N-ethyl adjacent to an activating group) is 1. The number of hydrogen-bond acceptors (Lipinski definition) is 3. The summed E-state index contributed by atoms with van der Waals surface area (Å²) in [6.07, 6.45) is 0. The zero-order chi connectivity index (χ0) is 13.7. The first-order valence-corrected chi connectivity index (χ1v) is 7.57. The van der Waals surface area contributed by atoms with Crippen molar-refractivity contribution in [1.82, 2.24) is 10.2 Å². The van der Waals surface area contributed by atoms with Crippen LogP contribution in [0.4, 0.5) is 0 Å². The maximum atomic E-state index is 5.95. The topological polar surface area (TPSA) is 15.3 Å². The molecule has 0 spiro atoms. The Morgan fingerprint density at radius 2 is 2.00 bits per heavy atom. The van der Waals surface area contributed by atoms with Crippen molar-refractivity contribution >= 4 is 22.9 Å². The van der Waals surface area contributed by atoms with Crippen molar-refractivity contribution in [3.8, 4) is 0 Å². The molecule has 1 heterocycles. The predicted octanol–water partition coefficient (Wildman–Crippen LogP) is 3.79. The van der Waals surface area contributed by atoms with Gasteiger partial charge in [-0.05, 0) is 25.7 Å². The van der Waals surface area contributed by atoms with E-state index in [1.165, 1.54) is 10.4 Å². The molecule has 0 saturated heterocycles. The highest BCUT2D eigenvalue weighted by molar-refractivity contribution is 7.10.